The fourth-order valence-electron chi connectivity index (χ4n) is 3.44. The van der Waals surface area contributed by atoms with Gasteiger partial charge in [0.1, 0.15) is 12.4 Å². The Kier molecular flexibility index (Phi) is 4.56. The van der Waals surface area contributed by atoms with Gasteiger partial charge in [0, 0.05) is 37.5 Å². The van der Waals surface area contributed by atoms with Crippen LogP contribution in [-0.2, 0) is 22.7 Å². The summed E-state index contributed by atoms with van der Waals surface area (Å²) in [5, 5.41) is 5.07. The van der Waals surface area contributed by atoms with Crippen LogP contribution < -0.4 is 10.6 Å². The van der Waals surface area contributed by atoms with Crippen LogP contribution in [0.1, 0.15) is 44.7 Å². The van der Waals surface area contributed by atoms with Gasteiger partial charge in [-0.2, -0.15) is 0 Å². The van der Waals surface area contributed by atoms with Gasteiger partial charge in [-0.25, -0.2) is 9.97 Å². The number of carbonyl (C=O) groups excluding carboxylic acids is 4. The van der Waals surface area contributed by atoms with Gasteiger partial charge >= 0.3 is 0 Å². The molecule has 142 valence electrons. The topological polar surface area (TPSA) is 121 Å². The molecule has 28 heavy (non-hydrogen) atoms. The van der Waals surface area contributed by atoms with E-state index in [0.29, 0.717) is 24.1 Å². The van der Waals surface area contributed by atoms with E-state index in [2.05, 4.69) is 20.6 Å². The number of rotatable bonds is 4. The summed E-state index contributed by atoms with van der Waals surface area (Å²) in [6.45, 7) is 0.586. The van der Waals surface area contributed by atoms with Gasteiger partial charge in [-0.15, -0.1) is 0 Å². The van der Waals surface area contributed by atoms with Crippen molar-refractivity contribution in [2.75, 3.05) is 0 Å². The van der Waals surface area contributed by atoms with Crippen molar-refractivity contribution in [3.63, 3.8) is 0 Å². The zero-order valence-corrected chi connectivity index (χ0v) is 14.8. The van der Waals surface area contributed by atoms with Gasteiger partial charge in [0.05, 0.1) is 5.56 Å². The Balaban J connectivity index is 1.44. The number of nitrogens with zero attached hydrogens (tertiary/aromatic N) is 3. The smallest absolute Gasteiger partial charge is 0.255 e. The number of imide groups is 1. The highest BCUT2D eigenvalue weighted by molar-refractivity contribution is 6.05. The van der Waals surface area contributed by atoms with Crippen LogP contribution in [0.3, 0.4) is 0 Å². The Labute approximate surface area is 160 Å². The molecule has 0 radical (unpaired) electrons. The molecular weight excluding hydrogens is 362 g/mol. The molecule has 2 aliphatic heterocycles. The summed E-state index contributed by atoms with van der Waals surface area (Å²) in [5.41, 5.74) is 2.53. The lowest BCUT2D eigenvalue weighted by atomic mass is 10.0. The predicted octanol–water partition coefficient (Wildman–Crippen LogP) is 0.168. The second-order valence-corrected chi connectivity index (χ2v) is 6.70. The molecule has 2 aliphatic rings. The Hall–Kier alpha value is -3.62. The maximum absolute atomic E-state index is 12.7. The minimum atomic E-state index is -0.640. The van der Waals surface area contributed by atoms with E-state index in [1.54, 1.807) is 12.1 Å². The molecule has 9 heteroatoms. The molecule has 1 atom stereocenters. The molecule has 0 bridgehead atoms. The molecule has 4 amide bonds. The molecule has 0 aliphatic carbocycles. The molecule has 2 N–H and O–H groups in total. The monoisotopic (exact) mass is 379 g/mol. The van der Waals surface area contributed by atoms with Crippen molar-refractivity contribution in [2.45, 2.75) is 32.0 Å². The highest BCUT2D eigenvalue weighted by Crippen LogP contribution is 2.28. The van der Waals surface area contributed by atoms with Gasteiger partial charge in [-0.1, -0.05) is 12.1 Å². The van der Waals surface area contributed by atoms with E-state index < -0.39 is 11.9 Å². The Morgan fingerprint density at radius 1 is 1.21 bits per heavy atom. The van der Waals surface area contributed by atoms with Crippen molar-refractivity contribution in [3.8, 4) is 0 Å². The molecular formula is C19H17N5O4. The van der Waals surface area contributed by atoms with Crippen LogP contribution in [0.15, 0.2) is 36.9 Å². The standard InChI is InChI=1S/C19H17N5O4/c25-16-4-3-15(18(27)23-16)24-9-12-5-11(1-2-14(12)19(24)28)6-22-17(26)13-7-20-10-21-8-13/h1-2,5,7-8,10,15H,3-4,6,9H2,(H,22,26)(H,23,25,27). The highest BCUT2D eigenvalue weighted by atomic mass is 16.2. The van der Waals surface area contributed by atoms with Crippen molar-refractivity contribution in [2.24, 2.45) is 0 Å². The summed E-state index contributed by atoms with van der Waals surface area (Å²) >= 11 is 0. The van der Waals surface area contributed by atoms with Crippen LogP contribution in [-0.4, -0.2) is 44.5 Å². The summed E-state index contributed by atoms with van der Waals surface area (Å²) < 4.78 is 0. The number of amides is 4. The quantitative estimate of drug-likeness (QED) is 0.731. The summed E-state index contributed by atoms with van der Waals surface area (Å²) in [7, 11) is 0. The molecule has 0 saturated carbocycles. The van der Waals surface area contributed by atoms with Gasteiger partial charge in [0.25, 0.3) is 11.8 Å². The minimum absolute atomic E-state index is 0.219. The van der Waals surface area contributed by atoms with Crippen molar-refractivity contribution in [1.82, 2.24) is 25.5 Å². The van der Waals surface area contributed by atoms with Crippen molar-refractivity contribution < 1.29 is 19.2 Å². The van der Waals surface area contributed by atoms with Gasteiger partial charge in [-0.3, -0.25) is 24.5 Å². The largest absolute Gasteiger partial charge is 0.348 e. The van der Waals surface area contributed by atoms with Crippen molar-refractivity contribution >= 4 is 23.6 Å². The second kappa shape index (κ2) is 7.18. The van der Waals surface area contributed by atoms with Crippen molar-refractivity contribution in [3.05, 3.63) is 59.2 Å². The van der Waals surface area contributed by atoms with Crippen LogP contribution in [0, 0.1) is 0 Å². The number of piperidine rings is 1. The highest BCUT2D eigenvalue weighted by Gasteiger charge is 2.39. The van der Waals surface area contributed by atoms with Gasteiger partial charge in [0.15, 0.2) is 0 Å². The number of benzene rings is 1. The molecule has 1 fully saturated rings. The van der Waals surface area contributed by atoms with Gasteiger partial charge in [-0.05, 0) is 23.6 Å². The first-order valence-electron chi connectivity index (χ1n) is 8.82. The van der Waals surface area contributed by atoms with E-state index >= 15 is 0 Å². The van der Waals surface area contributed by atoms with E-state index in [4.69, 9.17) is 0 Å². The van der Waals surface area contributed by atoms with E-state index in [1.165, 1.54) is 23.6 Å². The van der Waals surface area contributed by atoms with Crippen LogP contribution in [0.2, 0.25) is 0 Å². The zero-order valence-electron chi connectivity index (χ0n) is 14.8. The summed E-state index contributed by atoms with van der Waals surface area (Å²) in [6.07, 6.45) is 4.76. The number of hydrogen-bond donors (Lipinski definition) is 2. The zero-order chi connectivity index (χ0) is 19.7. The van der Waals surface area contributed by atoms with Crippen LogP contribution in [0.25, 0.3) is 0 Å². The van der Waals surface area contributed by atoms with E-state index in [1.807, 2.05) is 6.07 Å². The fourth-order valence-corrected chi connectivity index (χ4v) is 3.44. The minimum Gasteiger partial charge on any atom is -0.348 e. The van der Waals surface area contributed by atoms with Crippen LogP contribution >= 0.6 is 0 Å². The van der Waals surface area contributed by atoms with Gasteiger partial charge < -0.3 is 10.2 Å². The maximum Gasteiger partial charge on any atom is 0.255 e. The predicted molar refractivity (Wildman–Crippen MR) is 95.7 cm³/mol. The number of carbonyl (C=O) groups is 4. The molecule has 1 unspecified atom stereocenters. The molecule has 0 spiro atoms. The lowest BCUT2D eigenvalue weighted by Gasteiger charge is -2.29. The van der Waals surface area contributed by atoms with E-state index in [-0.39, 0.29) is 30.7 Å². The summed E-state index contributed by atoms with van der Waals surface area (Å²) in [4.78, 5) is 57.3. The first-order valence-corrected chi connectivity index (χ1v) is 8.82. The van der Waals surface area contributed by atoms with Crippen molar-refractivity contribution in [1.29, 1.82) is 0 Å². The number of hydrogen-bond acceptors (Lipinski definition) is 6. The SMILES string of the molecule is O=C1CCC(N2Cc3cc(CNC(=O)c4cncnc4)ccc3C2=O)C(=O)N1. The fraction of sp³-hybridized carbons (Fsp3) is 0.263. The molecule has 1 saturated heterocycles. The summed E-state index contributed by atoms with van der Waals surface area (Å²) in [6, 6.07) is 4.68. The molecule has 9 nitrogen and oxygen atoms in total. The van der Waals surface area contributed by atoms with Crippen LogP contribution in [0.5, 0.6) is 0 Å². The third kappa shape index (κ3) is 3.34. The lowest BCUT2D eigenvalue weighted by Crippen LogP contribution is -2.52. The number of aromatic nitrogens is 2. The third-order valence-corrected chi connectivity index (χ3v) is 4.86. The van der Waals surface area contributed by atoms with E-state index in [9.17, 15) is 19.2 Å². The average molecular weight is 379 g/mol. The lowest BCUT2D eigenvalue weighted by molar-refractivity contribution is -0.136. The first kappa shape index (κ1) is 17.8. The summed E-state index contributed by atoms with van der Waals surface area (Å²) in [5.74, 6) is -1.26. The third-order valence-electron chi connectivity index (χ3n) is 4.86. The normalized spacial score (nSPS) is 18.6. The number of nitrogens with one attached hydrogen (secondary N) is 2. The molecule has 3 heterocycles. The first-order chi connectivity index (χ1) is 13.5. The Morgan fingerprint density at radius 2 is 2.00 bits per heavy atom. The number of fused-ring (bicyclic) bond motifs is 1. The Bertz CT molecular complexity index is 976. The molecule has 4 rings (SSSR count). The van der Waals surface area contributed by atoms with Crippen LogP contribution in [0.4, 0.5) is 0 Å². The average Bonchev–Trinajstić information content (AvgIpc) is 3.02. The molecule has 1 aromatic heterocycles. The molecule has 2 aromatic rings. The molecule has 1 aromatic carbocycles. The second-order valence-electron chi connectivity index (χ2n) is 6.70. The van der Waals surface area contributed by atoms with E-state index in [0.717, 1.165) is 11.1 Å². The Morgan fingerprint density at radius 3 is 2.75 bits per heavy atom. The van der Waals surface area contributed by atoms with Gasteiger partial charge in [0.2, 0.25) is 11.8 Å². The maximum atomic E-state index is 12.7.